The van der Waals surface area contributed by atoms with Crippen molar-refractivity contribution in [2.24, 2.45) is 0 Å². The van der Waals surface area contributed by atoms with Gasteiger partial charge in [-0.1, -0.05) is 12.1 Å². The molecule has 0 bridgehead atoms. The summed E-state index contributed by atoms with van der Waals surface area (Å²) in [5, 5.41) is 9.89. The molecule has 4 heteroatoms. The third-order valence-corrected chi connectivity index (χ3v) is 3.11. The zero-order valence-electron chi connectivity index (χ0n) is 10.7. The highest BCUT2D eigenvalue weighted by atomic mass is 19.1. The first-order valence-electron chi connectivity index (χ1n) is 5.83. The molecule has 2 aromatic rings. The van der Waals surface area contributed by atoms with Crippen LogP contribution >= 0.6 is 0 Å². The van der Waals surface area contributed by atoms with E-state index in [4.69, 9.17) is 4.74 Å². The van der Waals surface area contributed by atoms with Crippen molar-refractivity contribution in [1.82, 2.24) is 0 Å². The highest BCUT2D eigenvalue weighted by Gasteiger charge is 2.14. The molecular formula is C15H14F2O2. The molecule has 0 fully saturated rings. The first-order chi connectivity index (χ1) is 9.04. The fourth-order valence-electron chi connectivity index (χ4n) is 1.97. The summed E-state index contributed by atoms with van der Waals surface area (Å²) in [6, 6.07) is 7.23. The van der Waals surface area contributed by atoms with Gasteiger partial charge in [-0.25, -0.2) is 8.78 Å². The topological polar surface area (TPSA) is 29.5 Å². The molecule has 19 heavy (non-hydrogen) atoms. The van der Waals surface area contributed by atoms with Gasteiger partial charge in [0.05, 0.1) is 7.11 Å². The van der Waals surface area contributed by atoms with Crippen molar-refractivity contribution >= 4 is 0 Å². The van der Waals surface area contributed by atoms with Crippen LogP contribution in [0.5, 0.6) is 11.5 Å². The predicted octanol–water partition coefficient (Wildman–Crippen LogP) is 3.58. The molecule has 0 unspecified atom stereocenters. The van der Waals surface area contributed by atoms with Gasteiger partial charge < -0.3 is 9.84 Å². The zero-order valence-corrected chi connectivity index (χ0v) is 10.7. The molecule has 0 aliphatic rings. The lowest BCUT2D eigenvalue weighted by atomic mass is 10.0. The fourth-order valence-corrected chi connectivity index (χ4v) is 1.97. The lowest BCUT2D eigenvalue weighted by Crippen LogP contribution is -1.99. The lowest BCUT2D eigenvalue weighted by molar-refractivity contribution is 0.405. The summed E-state index contributed by atoms with van der Waals surface area (Å²) in [4.78, 5) is 0. The molecular weight excluding hydrogens is 250 g/mol. The number of methoxy groups -OCH3 is 1. The minimum absolute atomic E-state index is 0.142. The minimum Gasteiger partial charge on any atom is -0.507 e. The van der Waals surface area contributed by atoms with Gasteiger partial charge in [0.15, 0.2) is 0 Å². The normalized spacial score (nSPS) is 10.5. The number of ether oxygens (including phenoxy) is 1. The highest BCUT2D eigenvalue weighted by Crippen LogP contribution is 2.30. The van der Waals surface area contributed by atoms with Crippen molar-refractivity contribution in [3.05, 3.63) is 58.7 Å². The molecule has 0 atom stereocenters. The summed E-state index contributed by atoms with van der Waals surface area (Å²) < 4.78 is 32.2. The molecule has 2 rings (SSSR count). The fraction of sp³-hybridized carbons (Fsp3) is 0.200. The van der Waals surface area contributed by atoms with Gasteiger partial charge in [-0.2, -0.15) is 0 Å². The van der Waals surface area contributed by atoms with Crippen LogP contribution in [0.15, 0.2) is 30.3 Å². The molecule has 2 aromatic carbocycles. The molecule has 2 nitrogen and oxygen atoms in total. The molecule has 0 radical (unpaired) electrons. The van der Waals surface area contributed by atoms with Crippen molar-refractivity contribution in [2.75, 3.05) is 7.11 Å². The van der Waals surface area contributed by atoms with Crippen LogP contribution in [0.2, 0.25) is 0 Å². The molecule has 0 amide bonds. The molecule has 100 valence electrons. The van der Waals surface area contributed by atoms with Gasteiger partial charge >= 0.3 is 0 Å². The Bertz CT molecular complexity index is 609. The van der Waals surface area contributed by atoms with E-state index >= 15 is 0 Å². The average Bonchev–Trinajstić information content (AvgIpc) is 2.41. The zero-order chi connectivity index (χ0) is 14.0. The SMILES string of the molecule is COc1cccc(F)c1Cc1ccc(F)c(C)c1O. The Kier molecular flexibility index (Phi) is 3.69. The van der Waals surface area contributed by atoms with Crippen molar-refractivity contribution in [2.45, 2.75) is 13.3 Å². The third kappa shape index (κ3) is 2.52. The molecule has 0 aliphatic carbocycles. The quantitative estimate of drug-likeness (QED) is 0.918. The van der Waals surface area contributed by atoms with E-state index < -0.39 is 11.6 Å². The maximum atomic E-state index is 13.8. The van der Waals surface area contributed by atoms with E-state index in [1.807, 2.05) is 0 Å². The number of benzene rings is 2. The van der Waals surface area contributed by atoms with Crippen LogP contribution in [0.25, 0.3) is 0 Å². The van der Waals surface area contributed by atoms with Gasteiger partial charge in [-0.3, -0.25) is 0 Å². The second-order valence-corrected chi connectivity index (χ2v) is 4.28. The van der Waals surface area contributed by atoms with Gasteiger partial charge in [0.25, 0.3) is 0 Å². The van der Waals surface area contributed by atoms with E-state index in [2.05, 4.69) is 0 Å². The van der Waals surface area contributed by atoms with Gasteiger partial charge in [0, 0.05) is 17.5 Å². The molecule has 0 heterocycles. The summed E-state index contributed by atoms with van der Waals surface area (Å²) in [6.07, 6.45) is 0.142. The number of hydrogen-bond donors (Lipinski definition) is 1. The first-order valence-corrected chi connectivity index (χ1v) is 5.83. The number of phenols is 1. The Morgan fingerprint density at radius 3 is 2.53 bits per heavy atom. The summed E-state index contributed by atoms with van der Waals surface area (Å²) in [5.74, 6) is -0.644. The van der Waals surface area contributed by atoms with E-state index in [0.29, 0.717) is 16.9 Å². The van der Waals surface area contributed by atoms with Crippen molar-refractivity contribution in [3.8, 4) is 11.5 Å². The van der Waals surface area contributed by atoms with Crippen LogP contribution in [0, 0.1) is 18.6 Å². The monoisotopic (exact) mass is 264 g/mol. The number of halogens is 2. The number of aromatic hydroxyl groups is 1. The van der Waals surface area contributed by atoms with Gasteiger partial charge in [0.2, 0.25) is 0 Å². The first kappa shape index (κ1) is 13.3. The van der Waals surface area contributed by atoms with E-state index in [-0.39, 0.29) is 17.7 Å². The van der Waals surface area contributed by atoms with Crippen LogP contribution in [0.3, 0.4) is 0 Å². The van der Waals surface area contributed by atoms with Crippen LogP contribution in [0.1, 0.15) is 16.7 Å². The van der Waals surface area contributed by atoms with Crippen molar-refractivity contribution in [3.63, 3.8) is 0 Å². The maximum Gasteiger partial charge on any atom is 0.130 e. The van der Waals surface area contributed by atoms with Gasteiger partial charge in [0.1, 0.15) is 23.1 Å². The summed E-state index contributed by atoms with van der Waals surface area (Å²) in [7, 11) is 1.45. The Morgan fingerprint density at radius 2 is 1.84 bits per heavy atom. The Hall–Kier alpha value is -2.10. The second-order valence-electron chi connectivity index (χ2n) is 4.28. The molecule has 0 saturated carbocycles. The van der Waals surface area contributed by atoms with E-state index in [0.717, 1.165) is 0 Å². The van der Waals surface area contributed by atoms with E-state index in [1.54, 1.807) is 12.1 Å². The van der Waals surface area contributed by atoms with Crippen LogP contribution in [-0.2, 0) is 6.42 Å². The summed E-state index contributed by atoms with van der Waals surface area (Å²) >= 11 is 0. The van der Waals surface area contributed by atoms with Gasteiger partial charge in [-0.05, 0) is 30.7 Å². The minimum atomic E-state index is -0.484. The lowest BCUT2D eigenvalue weighted by Gasteiger charge is -2.12. The Balaban J connectivity index is 2.45. The average molecular weight is 264 g/mol. The largest absolute Gasteiger partial charge is 0.507 e. The standard InChI is InChI=1S/C15H14F2O2/c1-9-12(16)7-6-10(15(9)18)8-11-13(17)4-3-5-14(11)19-2/h3-7,18H,8H2,1-2H3. The van der Waals surface area contributed by atoms with Crippen LogP contribution in [-0.4, -0.2) is 12.2 Å². The second kappa shape index (κ2) is 5.26. The predicted molar refractivity (Wildman–Crippen MR) is 68.6 cm³/mol. The van der Waals surface area contributed by atoms with Crippen LogP contribution in [0.4, 0.5) is 8.78 Å². The highest BCUT2D eigenvalue weighted by molar-refractivity contribution is 5.46. The maximum absolute atomic E-state index is 13.8. The molecule has 0 spiro atoms. The number of hydrogen-bond acceptors (Lipinski definition) is 2. The molecule has 0 saturated heterocycles. The molecule has 0 aromatic heterocycles. The molecule has 0 aliphatic heterocycles. The van der Waals surface area contributed by atoms with Crippen molar-refractivity contribution in [1.29, 1.82) is 0 Å². The Morgan fingerprint density at radius 1 is 1.11 bits per heavy atom. The third-order valence-electron chi connectivity index (χ3n) is 3.11. The number of rotatable bonds is 3. The van der Waals surface area contributed by atoms with E-state index in [9.17, 15) is 13.9 Å². The molecule has 1 N–H and O–H groups in total. The smallest absolute Gasteiger partial charge is 0.130 e. The van der Waals surface area contributed by atoms with Gasteiger partial charge in [-0.15, -0.1) is 0 Å². The summed E-state index contributed by atoms with van der Waals surface area (Å²) in [6.45, 7) is 1.48. The Labute approximate surface area is 110 Å². The van der Waals surface area contributed by atoms with Crippen molar-refractivity contribution < 1.29 is 18.6 Å². The van der Waals surface area contributed by atoms with Crippen LogP contribution < -0.4 is 4.74 Å². The van der Waals surface area contributed by atoms with E-state index in [1.165, 1.54) is 32.2 Å². The number of phenolic OH excluding ortho intramolecular Hbond substituents is 1. The summed E-state index contributed by atoms with van der Waals surface area (Å²) in [5.41, 5.74) is 0.960.